The minimum absolute atomic E-state index is 0.104. The number of H-pyrrole nitrogens is 1. The van der Waals surface area contributed by atoms with Gasteiger partial charge in [-0.05, 0) is 38.3 Å². The molecular weight excluding hydrogens is 320 g/mol. The lowest BCUT2D eigenvalue weighted by Crippen LogP contribution is -2.39. The van der Waals surface area contributed by atoms with Gasteiger partial charge in [0.2, 0.25) is 0 Å². The van der Waals surface area contributed by atoms with Crippen molar-refractivity contribution < 1.29 is 4.79 Å². The zero-order valence-corrected chi connectivity index (χ0v) is 14.7. The number of para-hydroxylation sites is 1. The number of hydrogen-bond donors (Lipinski definition) is 1. The molecule has 3 aromatic rings. The molecule has 0 saturated carbocycles. The Morgan fingerprint density at radius 2 is 2.25 bits per heavy atom. The number of nitrogens with zero attached hydrogens (tertiary/aromatic N) is 3. The molecule has 1 aliphatic rings. The summed E-state index contributed by atoms with van der Waals surface area (Å²) in [6, 6.07) is 6.18. The fourth-order valence-electron chi connectivity index (χ4n) is 3.42. The van der Waals surface area contributed by atoms with Crippen molar-refractivity contribution >= 4 is 28.3 Å². The minimum atomic E-state index is 0.104. The van der Waals surface area contributed by atoms with Gasteiger partial charge in [-0.3, -0.25) is 4.79 Å². The maximum Gasteiger partial charge on any atom is 0.265 e. The lowest BCUT2D eigenvalue weighted by Gasteiger charge is -2.31. The second-order valence-electron chi connectivity index (χ2n) is 6.45. The van der Waals surface area contributed by atoms with E-state index in [0.717, 1.165) is 53.4 Å². The van der Waals surface area contributed by atoms with Crippen LogP contribution in [0.15, 0.2) is 23.7 Å². The van der Waals surface area contributed by atoms with E-state index in [0.29, 0.717) is 0 Å². The highest BCUT2D eigenvalue weighted by Gasteiger charge is 2.28. The van der Waals surface area contributed by atoms with E-state index in [4.69, 9.17) is 4.98 Å². The van der Waals surface area contributed by atoms with Crippen LogP contribution >= 0.6 is 11.3 Å². The number of hydrogen-bond acceptors (Lipinski definition) is 4. The van der Waals surface area contributed by atoms with Gasteiger partial charge in [-0.25, -0.2) is 9.97 Å². The zero-order chi connectivity index (χ0) is 16.7. The Morgan fingerprint density at radius 1 is 1.38 bits per heavy atom. The number of benzene rings is 1. The lowest BCUT2D eigenvalue weighted by atomic mass is 9.97. The number of aryl methyl sites for hydroxylation is 2. The Kier molecular flexibility index (Phi) is 3.84. The lowest BCUT2D eigenvalue weighted by molar-refractivity contribution is 0.0709. The van der Waals surface area contributed by atoms with Crippen LogP contribution in [0.5, 0.6) is 0 Å². The molecule has 2 aromatic heterocycles. The Morgan fingerprint density at radius 3 is 3.00 bits per heavy atom. The highest BCUT2D eigenvalue weighted by Crippen LogP contribution is 2.29. The van der Waals surface area contributed by atoms with Crippen LogP contribution in [0, 0.1) is 13.8 Å². The molecule has 1 fully saturated rings. The van der Waals surface area contributed by atoms with Crippen molar-refractivity contribution in [2.75, 3.05) is 13.1 Å². The number of aromatic amines is 1. The van der Waals surface area contributed by atoms with Gasteiger partial charge in [0.05, 0.1) is 22.2 Å². The van der Waals surface area contributed by atoms with Gasteiger partial charge >= 0.3 is 0 Å². The van der Waals surface area contributed by atoms with Gasteiger partial charge in [0.15, 0.2) is 0 Å². The molecule has 1 aliphatic heterocycles. The summed E-state index contributed by atoms with van der Waals surface area (Å²) in [5.74, 6) is 1.37. The average Bonchev–Trinajstić information content (AvgIpc) is 3.21. The van der Waals surface area contributed by atoms with Crippen LogP contribution in [0.1, 0.15) is 45.5 Å². The number of aromatic nitrogens is 3. The molecule has 1 N–H and O–H groups in total. The first-order valence-corrected chi connectivity index (χ1v) is 9.16. The highest BCUT2D eigenvalue weighted by atomic mass is 32.1. The van der Waals surface area contributed by atoms with E-state index >= 15 is 0 Å². The zero-order valence-electron chi connectivity index (χ0n) is 13.9. The Hall–Kier alpha value is -2.21. The number of nitrogens with one attached hydrogen (secondary N) is 1. The summed E-state index contributed by atoms with van der Waals surface area (Å²) in [5, 5.41) is 0. The molecule has 0 aliphatic carbocycles. The topological polar surface area (TPSA) is 61.9 Å². The molecule has 1 amide bonds. The second-order valence-corrected chi connectivity index (χ2v) is 7.31. The van der Waals surface area contributed by atoms with Crippen LogP contribution in [0.3, 0.4) is 0 Å². The van der Waals surface area contributed by atoms with Crippen molar-refractivity contribution in [3.8, 4) is 0 Å². The van der Waals surface area contributed by atoms with E-state index in [1.54, 1.807) is 5.51 Å². The highest BCUT2D eigenvalue weighted by molar-refractivity contribution is 7.11. The first-order chi connectivity index (χ1) is 11.6. The summed E-state index contributed by atoms with van der Waals surface area (Å²) < 4.78 is 0. The molecule has 1 saturated heterocycles. The van der Waals surface area contributed by atoms with E-state index in [-0.39, 0.29) is 11.8 Å². The number of carbonyl (C=O) groups is 1. The van der Waals surface area contributed by atoms with Crippen molar-refractivity contribution in [3.63, 3.8) is 0 Å². The number of likely N-dealkylation sites (tertiary alicyclic amines) is 1. The van der Waals surface area contributed by atoms with E-state index in [1.165, 1.54) is 16.9 Å². The molecule has 4 rings (SSSR count). The van der Waals surface area contributed by atoms with Gasteiger partial charge in [0.25, 0.3) is 5.91 Å². The number of piperidine rings is 1. The second kappa shape index (κ2) is 6.02. The number of fused-ring (bicyclic) bond motifs is 1. The Labute approximate surface area is 144 Å². The van der Waals surface area contributed by atoms with Crippen LogP contribution < -0.4 is 0 Å². The number of thiazole rings is 1. The van der Waals surface area contributed by atoms with Crippen LogP contribution in [-0.2, 0) is 0 Å². The van der Waals surface area contributed by atoms with E-state index < -0.39 is 0 Å². The molecule has 0 bridgehead atoms. The van der Waals surface area contributed by atoms with Crippen molar-refractivity contribution in [3.05, 3.63) is 45.7 Å². The first kappa shape index (κ1) is 15.3. The molecule has 124 valence electrons. The van der Waals surface area contributed by atoms with E-state index in [1.807, 2.05) is 17.9 Å². The fourth-order valence-corrected chi connectivity index (χ4v) is 4.19. The Bertz CT molecular complexity index is 897. The van der Waals surface area contributed by atoms with Gasteiger partial charge in [0.1, 0.15) is 10.7 Å². The quantitative estimate of drug-likeness (QED) is 0.774. The maximum atomic E-state index is 12.8. The van der Waals surface area contributed by atoms with Gasteiger partial charge in [-0.1, -0.05) is 12.1 Å². The fraction of sp³-hybridized carbons (Fsp3) is 0.389. The molecule has 1 unspecified atom stereocenters. The van der Waals surface area contributed by atoms with Crippen LogP contribution in [-0.4, -0.2) is 38.8 Å². The minimum Gasteiger partial charge on any atom is -0.342 e. The summed E-state index contributed by atoms with van der Waals surface area (Å²) in [6.45, 7) is 5.50. The Balaban J connectivity index is 1.59. The molecule has 24 heavy (non-hydrogen) atoms. The molecule has 3 heterocycles. The standard InChI is InChI=1S/C18H20N4OS/c1-11-5-3-7-14-15(11)21-17(20-14)13-6-4-8-22(9-13)18(23)16-12(2)19-10-24-16/h3,5,7,10,13H,4,6,8-9H2,1-2H3,(H,20,21). The van der Waals surface area contributed by atoms with Crippen molar-refractivity contribution in [1.29, 1.82) is 0 Å². The third-order valence-corrected chi connectivity index (χ3v) is 5.68. The summed E-state index contributed by atoms with van der Waals surface area (Å²) in [6.07, 6.45) is 2.06. The van der Waals surface area contributed by atoms with E-state index in [2.05, 4.69) is 29.0 Å². The number of rotatable bonds is 2. The number of imidazole rings is 1. The molecule has 1 aromatic carbocycles. The van der Waals surface area contributed by atoms with Crippen LogP contribution in [0.4, 0.5) is 0 Å². The van der Waals surface area contributed by atoms with Crippen molar-refractivity contribution in [2.45, 2.75) is 32.6 Å². The van der Waals surface area contributed by atoms with Gasteiger partial charge < -0.3 is 9.88 Å². The molecule has 1 atom stereocenters. The number of amides is 1. The average molecular weight is 340 g/mol. The third kappa shape index (κ3) is 2.60. The summed E-state index contributed by atoms with van der Waals surface area (Å²) >= 11 is 1.43. The van der Waals surface area contributed by atoms with Crippen molar-refractivity contribution in [1.82, 2.24) is 19.9 Å². The predicted molar refractivity (Wildman–Crippen MR) is 95.6 cm³/mol. The molecule has 5 nitrogen and oxygen atoms in total. The maximum absolute atomic E-state index is 12.8. The first-order valence-electron chi connectivity index (χ1n) is 8.28. The van der Waals surface area contributed by atoms with Crippen molar-refractivity contribution in [2.24, 2.45) is 0 Å². The van der Waals surface area contributed by atoms with E-state index in [9.17, 15) is 4.79 Å². The normalized spacial score (nSPS) is 18.2. The van der Waals surface area contributed by atoms with Gasteiger partial charge in [-0.2, -0.15) is 0 Å². The summed E-state index contributed by atoms with van der Waals surface area (Å²) in [4.78, 5) is 27.9. The van der Waals surface area contributed by atoms with Gasteiger partial charge in [0, 0.05) is 19.0 Å². The van der Waals surface area contributed by atoms with Gasteiger partial charge in [-0.15, -0.1) is 11.3 Å². The monoisotopic (exact) mass is 340 g/mol. The largest absolute Gasteiger partial charge is 0.342 e. The summed E-state index contributed by atoms with van der Waals surface area (Å²) in [7, 11) is 0. The molecule has 0 radical (unpaired) electrons. The van der Waals surface area contributed by atoms with Crippen LogP contribution in [0.25, 0.3) is 11.0 Å². The predicted octanol–water partition coefficient (Wildman–Crippen LogP) is 3.66. The molecular formula is C18H20N4OS. The summed E-state index contributed by atoms with van der Waals surface area (Å²) in [5.41, 5.74) is 5.86. The molecule has 0 spiro atoms. The smallest absolute Gasteiger partial charge is 0.265 e. The third-order valence-electron chi connectivity index (χ3n) is 4.77. The number of carbonyl (C=O) groups excluding carboxylic acids is 1. The van der Waals surface area contributed by atoms with Crippen LogP contribution in [0.2, 0.25) is 0 Å². The molecule has 6 heteroatoms. The SMILES string of the molecule is Cc1ncsc1C(=O)N1CCCC(c2nc3c(C)cccc3[nH]2)C1.